The van der Waals surface area contributed by atoms with Gasteiger partial charge in [0.2, 0.25) is 5.91 Å². The van der Waals surface area contributed by atoms with Crippen LogP contribution in [0.4, 0.5) is 0 Å². The lowest BCUT2D eigenvalue weighted by Gasteiger charge is -2.19. The van der Waals surface area contributed by atoms with Gasteiger partial charge in [0, 0.05) is 6.04 Å². The lowest BCUT2D eigenvalue weighted by molar-refractivity contribution is -0.123. The molecule has 0 spiro atoms. The summed E-state index contributed by atoms with van der Waals surface area (Å²) < 4.78 is 0. The topological polar surface area (TPSA) is 41.1 Å². The van der Waals surface area contributed by atoms with Crippen molar-refractivity contribution in [3.8, 4) is 0 Å². The van der Waals surface area contributed by atoms with E-state index >= 15 is 0 Å². The van der Waals surface area contributed by atoms with E-state index < -0.39 is 0 Å². The summed E-state index contributed by atoms with van der Waals surface area (Å²) in [5, 5.41) is 6.37. The van der Waals surface area contributed by atoms with E-state index in [1.165, 1.54) is 5.56 Å². The van der Waals surface area contributed by atoms with Crippen LogP contribution in [0, 0.1) is 0 Å². The molecule has 1 aromatic carbocycles. The summed E-state index contributed by atoms with van der Waals surface area (Å²) in [6.45, 7) is 9.21. The first-order chi connectivity index (χ1) is 10.0. The van der Waals surface area contributed by atoms with E-state index in [0.717, 1.165) is 25.8 Å². The van der Waals surface area contributed by atoms with E-state index in [0.29, 0.717) is 5.92 Å². The van der Waals surface area contributed by atoms with E-state index in [4.69, 9.17) is 0 Å². The van der Waals surface area contributed by atoms with Crippen molar-refractivity contribution >= 4 is 5.91 Å². The monoisotopic (exact) mass is 290 g/mol. The fraction of sp³-hybridized carbons (Fsp3) is 0.611. The highest BCUT2D eigenvalue weighted by molar-refractivity contribution is 5.81. The third-order valence-electron chi connectivity index (χ3n) is 3.90. The predicted octanol–water partition coefficient (Wildman–Crippen LogP) is 3.46. The number of carbonyl (C=O) groups is 1. The Labute approximate surface area is 129 Å². The van der Waals surface area contributed by atoms with Crippen LogP contribution in [0.5, 0.6) is 0 Å². The van der Waals surface area contributed by atoms with Gasteiger partial charge in [0.25, 0.3) is 0 Å². The minimum Gasteiger partial charge on any atom is -0.352 e. The molecule has 0 aromatic heterocycles. The molecule has 118 valence electrons. The van der Waals surface area contributed by atoms with Gasteiger partial charge in [-0.1, -0.05) is 50.6 Å². The highest BCUT2D eigenvalue weighted by Gasteiger charge is 2.14. The maximum absolute atomic E-state index is 12.0. The number of amides is 1. The number of carbonyl (C=O) groups excluding carboxylic acids is 1. The molecule has 0 saturated carbocycles. The quantitative estimate of drug-likeness (QED) is 0.731. The lowest BCUT2D eigenvalue weighted by atomic mass is 9.98. The van der Waals surface area contributed by atoms with Gasteiger partial charge in [0.1, 0.15) is 0 Å². The summed E-state index contributed by atoms with van der Waals surface area (Å²) in [5.74, 6) is 0.608. The second-order valence-electron chi connectivity index (χ2n) is 5.97. The van der Waals surface area contributed by atoms with Crippen LogP contribution in [0.1, 0.15) is 58.4 Å². The molecular formula is C18H30N2O. The molecule has 2 N–H and O–H groups in total. The van der Waals surface area contributed by atoms with E-state index in [2.05, 4.69) is 55.7 Å². The molecule has 0 heterocycles. The predicted molar refractivity (Wildman–Crippen MR) is 89.5 cm³/mol. The minimum atomic E-state index is -0.132. The van der Waals surface area contributed by atoms with Crippen molar-refractivity contribution in [2.24, 2.45) is 0 Å². The molecule has 0 radical (unpaired) electrons. The molecule has 0 aliphatic rings. The highest BCUT2D eigenvalue weighted by Crippen LogP contribution is 2.17. The van der Waals surface area contributed by atoms with E-state index in [-0.39, 0.29) is 18.0 Å². The van der Waals surface area contributed by atoms with Gasteiger partial charge < -0.3 is 10.6 Å². The molecule has 1 rings (SSSR count). The molecule has 0 aliphatic carbocycles. The molecule has 1 aromatic rings. The van der Waals surface area contributed by atoms with Crippen LogP contribution in [0.3, 0.4) is 0 Å². The first-order valence-corrected chi connectivity index (χ1v) is 8.13. The summed E-state index contributed by atoms with van der Waals surface area (Å²) in [6.07, 6.45) is 3.16. The Bertz CT molecular complexity index is 405. The van der Waals surface area contributed by atoms with Gasteiger partial charge in [-0.3, -0.25) is 4.79 Å². The molecule has 3 atom stereocenters. The summed E-state index contributed by atoms with van der Waals surface area (Å²) in [5.41, 5.74) is 1.35. The summed E-state index contributed by atoms with van der Waals surface area (Å²) in [7, 11) is 0. The van der Waals surface area contributed by atoms with Gasteiger partial charge in [-0.05, 0) is 44.7 Å². The molecule has 0 fully saturated rings. The number of benzene rings is 1. The molecule has 0 bridgehead atoms. The maximum atomic E-state index is 12.0. The second kappa shape index (κ2) is 9.56. The van der Waals surface area contributed by atoms with Crippen molar-refractivity contribution in [1.29, 1.82) is 0 Å². The standard InChI is InChI=1S/C18H30N2O/c1-5-9-15(3)20-18(21)16(4)19-13-12-14(2)17-10-7-6-8-11-17/h6-8,10-11,14-16,19H,5,9,12-13H2,1-4H3,(H,20,21). The summed E-state index contributed by atoms with van der Waals surface area (Å²) >= 11 is 0. The van der Waals surface area contributed by atoms with Crippen molar-refractivity contribution in [2.75, 3.05) is 6.54 Å². The fourth-order valence-corrected chi connectivity index (χ4v) is 2.43. The van der Waals surface area contributed by atoms with Gasteiger partial charge in [-0.15, -0.1) is 0 Å². The van der Waals surface area contributed by atoms with Crippen LogP contribution in [0.15, 0.2) is 30.3 Å². The normalized spacial score (nSPS) is 15.2. The third-order valence-corrected chi connectivity index (χ3v) is 3.90. The highest BCUT2D eigenvalue weighted by atomic mass is 16.2. The molecular weight excluding hydrogens is 260 g/mol. The van der Waals surface area contributed by atoms with Crippen molar-refractivity contribution < 1.29 is 4.79 Å². The van der Waals surface area contributed by atoms with Crippen molar-refractivity contribution in [2.45, 2.75) is 65.0 Å². The summed E-state index contributed by atoms with van der Waals surface area (Å²) in [4.78, 5) is 12.0. The Morgan fingerprint density at radius 2 is 1.76 bits per heavy atom. The van der Waals surface area contributed by atoms with E-state index in [1.807, 2.05) is 13.0 Å². The Kier molecular flexibility index (Phi) is 8.06. The average Bonchev–Trinajstić information content (AvgIpc) is 2.48. The zero-order valence-corrected chi connectivity index (χ0v) is 13.9. The largest absolute Gasteiger partial charge is 0.352 e. The van der Waals surface area contributed by atoms with E-state index in [1.54, 1.807) is 0 Å². The van der Waals surface area contributed by atoms with Gasteiger partial charge in [0.15, 0.2) is 0 Å². The van der Waals surface area contributed by atoms with E-state index in [9.17, 15) is 4.79 Å². The molecule has 3 heteroatoms. The fourth-order valence-electron chi connectivity index (χ4n) is 2.43. The molecule has 21 heavy (non-hydrogen) atoms. The average molecular weight is 290 g/mol. The number of rotatable bonds is 9. The van der Waals surface area contributed by atoms with Crippen LogP contribution < -0.4 is 10.6 Å². The number of hydrogen-bond donors (Lipinski definition) is 2. The minimum absolute atomic E-state index is 0.100. The van der Waals surface area contributed by atoms with Crippen LogP contribution in [-0.4, -0.2) is 24.5 Å². The SMILES string of the molecule is CCCC(C)NC(=O)C(C)NCCC(C)c1ccccc1. The van der Waals surface area contributed by atoms with Gasteiger partial charge in [0.05, 0.1) is 6.04 Å². The Hall–Kier alpha value is -1.35. The van der Waals surface area contributed by atoms with Crippen LogP contribution in [-0.2, 0) is 4.79 Å². The zero-order chi connectivity index (χ0) is 15.7. The van der Waals surface area contributed by atoms with Gasteiger partial charge in [-0.25, -0.2) is 0 Å². The first-order valence-electron chi connectivity index (χ1n) is 8.13. The van der Waals surface area contributed by atoms with Gasteiger partial charge in [-0.2, -0.15) is 0 Å². The van der Waals surface area contributed by atoms with Crippen LogP contribution >= 0.6 is 0 Å². The molecule has 0 saturated heterocycles. The third kappa shape index (κ3) is 6.76. The summed E-state index contributed by atoms with van der Waals surface area (Å²) in [6, 6.07) is 10.6. The lowest BCUT2D eigenvalue weighted by Crippen LogP contribution is -2.45. The van der Waals surface area contributed by atoms with Gasteiger partial charge >= 0.3 is 0 Å². The van der Waals surface area contributed by atoms with Crippen LogP contribution in [0.2, 0.25) is 0 Å². The van der Waals surface area contributed by atoms with Crippen LogP contribution in [0.25, 0.3) is 0 Å². The Morgan fingerprint density at radius 3 is 2.38 bits per heavy atom. The molecule has 1 amide bonds. The Balaban J connectivity index is 2.26. The maximum Gasteiger partial charge on any atom is 0.237 e. The van der Waals surface area contributed by atoms with Crippen molar-refractivity contribution in [1.82, 2.24) is 10.6 Å². The molecule has 3 nitrogen and oxygen atoms in total. The molecule has 3 unspecified atom stereocenters. The first kappa shape index (κ1) is 17.7. The smallest absolute Gasteiger partial charge is 0.237 e. The number of nitrogens with one attached hydrogen (secondary N) is 2. The molecule has 0 aliphatic heterocycles. The Morgan fingerprint density at radius 1 is 1.10 bits per heavy atom. The zero-order valence-electron chi connectivity index (χ0n) is 13.9. The number of hydrogen-bond acceptors (Lipinski definition) is 2. The van der Waals surface area contributed by atoms with Crippen molar-refractivity contribution in [3.05, 3.63) is 35.9 Å². The second-order valence-corrected chi connectivity index (χ2v) is 5.97. The van der Waals surface area contributed by atoms with Crippen molar-refractivity contribution in [3.63, 3.8) is 0 Å².